The van der Waals surface area contributed by atoms with Crippen LogP contribution >= 0.6 is 0 Å². The first-order valence-corrected chi connectivity index (χ1v) is 8.12. The van der Waals surface area contributed by atoms with Crippen LogP contribution in [0.5, 0.6) is 0 Å². The number of nitrogens with zero attached hydrogens (tertiary/aromatic N) is 2. The summed E-state index contributed by atoms with van der Waals surface area (Å²) < 4.78 is 5.64. The van der Waals surface area contributed by atoms with Crippen molar-refractivity contribution in [1.82, 2.24) is 15.2 Å². The maximum Gasteiger partial charge on any atom is 0.224 e. The molecule has 0 bridgehead atoms. The number of amides is 1. The van der Waals surface area contributed by atoms with Gasteiger partial charge in [0, 0.05) is 19.0 Å². The maximum absolute atomic E-state index is 11.7. The Morgan fingerprint density at radius 2 is 2.14 bits per heavy atom. The lowest BCUT2D eigenvalue weighted by Gasteiger charge is -2.31. The summed E-state index contributed by atoms with van der Waals surface area (Å²) in [6.45, 7) is 9.76. The van der Waals surface area contributed by atoms with Crippen LogP contribution in [0.3, 0.4) is 0 Å². The number of carbonyl (C=O) groups excluding carboxylic acids is 1. The number of hydrogen-bond donors (Lipinski definition) is 2. The first-order valence-electron chi connectivity index (χ1n) is 8.12. The molecule has 1 aliphatic rings. The molecule has 2 heterocycles. The first-order chi connectivity index (χ1) is 10.5. The molecular formula is C16H28N4O2. The number of oxazole rings is 1. The lowest BCUT2D eigenvalue weighted by molar-refractivity contribution is -0.124. The smallest absolute Gasteiger partial charge is 0.224 e. The van der Waals surface area contributed by atoms with Gasteiger partial charge in [0.1, 0.15) is 5.76 Å². The van der Waals surface area contributed by atoms with Gasteiger partial charge in [-0.15, -0.1) is 0 Å². The Bertz CT molecular complexity index is 473. The number of likely N-dealkylation sites (tertiary alicyclic amines) is 1. The van der Waals surface area contributed by atoms with Crippen LogP contribution in [-0.2, 0) is 11.3 Å². The molecule has 0 saturated carbocycles. The SMILES string of the molecule is Cc1nc(CN2CCC(CNC(=O)C(C)CN)CC2)oc1C. The van der Waals surface area contributed by atoms with Gasteiger partial charge >= 0.3 is 0 Å². The molecule has 1 aromatic rings. The fraction of sp³-hybridized carbons (Fsp3) is 0.750. The fourth-order valence-corrected chi connectivity index (χ4v) is 2.67. The highest BCUT2D eigenvalue weighted by atomic mass is 16.4. The van der Waals surface area contributed by atoms with Crippen molar-refractivity contribution in [3.8, 4) is 0 Å². The minimum absolute atomic E-state index is 0.0654. The van der Waals surface area contributed by atoms with E-state index in [2.05, 4.69) is 15.2 Å². The van der Waals surface area contributed by atoms with Gasteiger partial charge in [-0.3, -0.25) is 9.69 Å². The van der Waals surface area contributed by atoms with Crippen LogP contribution in [0.15, 0.2) is 4.42 Å². The summed E-state index contributed by atoms with van der Waals surface area (Å²) in [6.07, 6.45) is 2.19. The van der Waals surface area contributed by atoms with E-state index in [-0.39, 0.29) is 11.8 Å². The number of hydrogen-bond acceptors (Lipinski definition) is 5. The second-order valence-electron chi connectivity index (χ2n) is 6.35. The topological polar surface area (TPSA) is 84.4 Å². The summed E-state index contributed by atoms with van der Waals surface area (Å²) in [5.74, 6) is 2.23. The monoisotopic (exact) mass is 308 g/mol. The van der Waals surface area contributed by atoms with Gasteiger partial charge in [-0.05, 0) is 45.7 Å². The van der Waals surface area contributed by atoms with Crippen LogP contribution in [0.2, 0.25) is 0 Å². The standard InChI is InChI=1S/C16H28N4O2/c1-11(8-17)16(21)18-9-14-4-6-20(7-5-14)10-15-19-12(2)13(3)22-15/h11,14H,4-10,17H2,1-3H3,(H,18,21). The minimum Gasteiger partial charge on any atom is -0.444 e. The lowest BCUT2D eigenvalue weighted by atomic mass is 9.96. The number of nitrogens with two attached hydrogens (primary N) is 1. The molecule has 1 aliphatic heterocycles. The van der Waals surface area contributed by atoms with Crippen LogP contribution in [0.4, 0.5) is 0 Å². The van der Waals surface area contributed by atoms with E-state index in [9.17, 15) is 4.79 Å². The fourth-order valence-electron chi connectivity index (χ4n) is 2.67. The number of nitrogens with one attached hydrogen (secondary N) is 1. The van der Waals surface area contributed by atoms with Gasteiger partial charge < -0.3 is 15.5 Å². The van der Waals surface area contributed by atoms with Crippen LogP contribution in [-0.4, -0.2) is 42.0 Å². The quantitative estimate of drug-likeness (QED) is 0.825. The lowest BCUT2D eigenvalue weighted by Crippen LogP contribution is -2.40. The molecule has 1 unspecified atom stereocenters. The van der Waals surface area contributed by atoms with E-state index < -0.39 is 0 Å². The second-order valence-corrected chi connectivity index (χ2v) is 6.35. The normalized spacial score (nSPS) is 18.4. The minimum atomic E-state index is -0.100. The molecule has 0 aromatic carbocycles. The van der Waals surface area contributed by atoms with Crippen molar-refractivity contribution in [3.05, 3.63) is 17.3 Å². The summed E-state index contributed by atoms with van der Waals surface area (Å²) >= 11 is 0. The molecule has 2 rings (SSSR count). The third-order valence-corrected chi connectivity index (χ3v) is 4.50. The summed E-state index contributed by atoms with van der Waals surface area (Å²) in [7, 11) is 0. The van der Waals surface area contributed by atoms with Gasteiger partial charge in [-0.25, -0.2) is 4.98 Å². The van der Waals surface area contributed by atoms with E-state index in [4.69, 9.17) is 10.2 Å². The molecule has 22 heavy (non-hydrogen) atoms. The molecule has 0 aliphatic carbocycles. The average Bonchev–Trinajstić information content (AvgIpc) is 2.83. The van der Waals surface area contributed by atoms with E-state index in [0.717, 1.165) is 56.4 Å². The van der Waals surface area contributed by atoms with E-state index in [1.54, 1.807) is 0 Å². The zero-order chi connectivity index (χ0) is 16.1. The van der Waals surface area contributed by atoms with Gasteiger partial charge in [-0.1, -0.05) is 6.92 Å². The van der Waals surface area contributed by atoms with Crippen molar-refractivity contribution in [2.75, 3.05) is 26.2 Å². The molecule has 0 radical (unpaired) electrons. The first kappa shape index (κ1) is 17.0. The van der Waals surface area contributed by atoms with E-state index in [1.165, 1.54) is 0 Å². The van der Waals surface area contributed by atoms with E-state index >= 15 is 0 Å². The third kappa shape index (κ3) is 4.55. The van der Waals surface area contributed by atoms with Gasteiger partial charge in [0.25, 0.3) is 0 Å². The zero-order valence-corrected chi connectivity index (χ0v) is 13.9. The third-order valence-electron chi connectivity index (χ3n) is 4.50. The summed E-state index contributed by atoms with van der Waals surface area (Å²) in [4.78, 5) is 18.5. The molecule has 6 nitrogen and oxygen atoms in total. The molecular weight excluding hydrogens is 280 g/mol. The molecule has 124 valence electrons. The predicted octanol–water partition coefficient (Wildman–Crippen LogP) is 1.21. The largest absolute Gasteiger partial charge is 0.444 e. The Morgan fingerprint density at radius 3 is 2.68 bits per heavy atom. The number of rotatable bonds is 6. The highest BCUT2D eigenvalue weighted by Gasteiger charge is 2.22. The maximum atomic E-state index is 11.7. The van der Waals surface area contributed by atoms with Crippen molar-refractivity contribution in [1.29, 1.82) is 0 Å². The van der Waals surface area contributed by atoms with E-state index in [1.807, 2.05) is 20.8 Å². The number of aryl methyl sites for hydroxylation is 2. The highest BCUT2D eigenvalue weighted by Crippen LogP contribution is 2.19. The van der Waals surface area contributed by atoms with Crippen molar-refractivity contribution >= 4 is 5.91 Å². The Morgan fingerprint density at radius 1 is 1.45 bits per heavy atom. The summed E-state index contributed by atoms with van der Waals surface area (Å²) in [5.41, 5.74) is 6.48. The number of piperidine rings is 1. The Kier molecular flexibility index (Phi) is 5.97. The molecule has 1 aromatic heterocycles. The summed E-state index contributed by atoms with van der Waals surface area (Å²) in [6, 6.07) is 0. The molecule has 1 amide bonds. The predicted molar refractivity (Wildman–Crippen MR) is 85.2 cm³/mol. The van der Waals surface area contributed by atoms with E-state index in [0.29, 0.717) is 12.5 Å². The van der Waals surface area contributed by atoms with Crippen LogP contribution in [0.25, 0.3) is 0 Å². The summed E-state index contributed by atoms with van der Waals surface area (Å²) in [5, 5.41) is 3.01. The van der Waals surface area contributed by atoms with Crippen LogP contribution in [0, 0.1) is 25.7 Å². The van der Waals surface area contributed by atoms with Crippen molar-refractivity contribution in [2.45, 2.75) is 40.2 Å². The average molecular weight is 308 g/mol. The Balaban J connectivity index is 1.70. The van der Waals surface area contributed by atoms with Crippen LogP contribution < -0.4 is 11.1 Å². The van der Waals surface area contributed by atoms with Crippen molar-refractivity contribution < 1.29 is 9.21 Å². The van der Waals surface area contributed by atoms with Crippen LogP contribution in [0.1, 0.15) is 37.1 Å². The van der Waals surface area contributed by atoms with Gasteiger partial charge in [0.15, 0.2) is 0 Å². The second kappa shape index (κ2) is 7.74. The van der Waals surface area contributed by atoms with Crippen molar-refractivity contribution in [3.63, 3.8) is 0 Å². The number of carbonyl (C=O) groups is 1. The zero-order valence-electron chi connectivity index (χ0n) is 13.9. The van der Waals surface area contributed by atoms with Gasteiger partial charge in [-0.2, -0.15) is 0 Å². The molecule has 6 heteroatoms. The highest BCUT2D eigenvalue weighted by molar-refractivity contribution is 5.78. The van der Waals surface area contributed by atoms with Gasteiger partial charge in [0.2, 0.25) is 11.8 Å². The molecule has 3 N–H and O–H groups in total. The Labute approximate surface area is 132 Å². The number of aromatic nitrogens is 1. The molecule has 1 saturated heterocycles. The van der Waals surface area contributed by atoms with Gasteiger partial charge in [0.05, 0.1) is 12.2 Å². The molecule has 1 atom stereocenters. The Hall–Kier alpha value is -1.40. The molecule has 0 spiro atoms. The molecule has 1 fully saturated rings. The van der Waals surface area contributed by atoms with Crippen molar-refractivity contribution in [2.24, 2.45) is 17.6 Å².